The Morgan fingerprint density at radius 2 is 0.800 bits per heavy atom. The molecule has 8 bridgehead atoms. The molecule has 6 aromatic carbocycles. The Balaban J connectivity index is 1.07. The second-order valence-corrected chi connectivity index (χ2v) is 18.1. The highest BCUT2D eigenvalue weighted by Crippen LogP contribution is 2.39. The van der Waals surface area contributed by atoms with Crippen LogP contribution in [-0.2, 0) is 4.79 Å². The molecule has 338 valence electrons. The number of hydrogen-bond acceptors (Lipinski definition) is 5. The van der Waals surface area contributed by atoms with Crippen LogP contribution in [0.15, 0.2) is 176 Å². The highest BCUT2D eigenvalue weighted by atomic mass is 16.5. The average Bonchev–Trinajstić information content (AvgIpc) is 4.25. The lowest BCUT2D eigenvalue weighted by molar-refractivity contribution is -0.135. The van der Waals surface area contributed by atoms with Crippen LogP contribution in [0.3, 0.4) is 0 Å². The highest BCUT2D eigenvalue weighted by molar-refractivity contribution is 6.09. The van der Waals surface area contributed by atoms with Crippen molar-refractivity contribution in [3.63, 3.8) is 0 Å². The van der Waals surface area contributed by atoms with Gasteiger partial charge < -0.3 is 14.7 Å². The number of esters is 1. The van der Waals surface area contributed by atoms with Gasteiger partial charge in [-0.05, 0) is 122 Å². The van der Waals surface area contributed by atoms with Crippen molar-refractivity contribution >= 4 is 58.1 Å². The van der Waals surface area contributed by atoms with Crippen molar-refractivity contribution in [1.29, 1.82) is 0 Å². The largest absolute Gasteiger partial charge is 0.426 e. The van der Waals surface area contributed by atoms with Crippen LogP contribution >= 0.6 is 0 Å². The maximum atomic E-state index is 13.7. The first-order valence-corrected chi connectivity index (χ1v) is 23.5. The number of hydrogen-bond donors (Lipinski definition) is 2. The number of nitrogens with one attached hydrogen (secondary N) is 2. The number of nitrogens with zero attached hydrogens (tertiary/aromatic N) is 2. The minimum Gasteiger partial charge on any atom is -0.426 e. The third-order valence-electron chi connectivity index (χ3n) is 13.2. The SMILES string of the molecule is Cc1ccc(-c2c3nc(c(-c4ccc(C)cc4)c4ccc([nH]4)c(-c4ccc(OC(=O)[C@@H](C)c5cccc(C(=O)c6ccccc6)c5)cc4)c4nc(c(-c5ccc(C)cc5)c5ccc2[nH]5)C=C4)C=C3)cc1. The van der Waals surface area contributed by atoms with Gasteiger partial charge in [-0.1, -0.05) is 150 Å². The van der Waals surface area contributed by atoms with Crippen LogP contribution in [0, 0.1) is 20.8 Å². The van der Waals surface area contributed by atoms with Gasteiger partial charge in [0.1, 0.15) is 5.75 Å². The fourth-order valence-corrected chi connectivity index (χ4v) is 9.32. The molecule has 70 heavy (non-hydrogen) atoms. The van der Waals surface area contributed by atoms with Crippen LogP contribution in [0.25, 0.3) is 90.9 Å². The minimum absolute atomic E-state index is 0.102. The molecular formula is C63H48N4O3. The molecule has 2 aliphatic rings. The molecule has 2 N–H and O–H groups in total. The zero-order valence-corrected chi connectivity index (χ0v) is 39.2. The van der Waals surface area contributed by atoms with Gasteiger partial charge in [0, 0.05) is 55.4 Å². The zero-order chi connectivity index (χ0) is 47.9. The molecule has 0 fully saturated rings. The molecule has 0 radical (unpaired) electrons. The molecule has 0 spiro atoms. The van der Waals surface area contributed by atoms with E-state index in [2.05, 4.69) is 152 Å². The molecule has 0 unspecified atom stereocenters. The summed E-state index contributed by atoms with van der Waals surface area (Å²) in [6.45, 7) is 8.09. The van der Waals surface area contributed by atoms with Crippen molar-refractivity contribution in [2.45, 2.75) is 33.6 Å². The first-order chi connectivity index (χ1) is 34.1. The van der Waals surface area contributed by atoms with Crippen LogP contribution in [0.4, 0.5) is 0 Å². The van der Waals surface area contributed by atoms with Gasteiger partial charge in [0.2, 0.25) is 0 Å². The van der Waals surface area contributed by atoms with Crippen LogP contribution in [0.1, 0.15) is 73.8 Å². The number of aryl methyl sites for hydroxylation is 3. The summed E-state index contributed by atoms with van der Waals surface area (Å²) in [6, 6.07) is 58.2. The average molecular weight is 909 g/mol. The summed E-state index contributed by atoms with van der Waals surface area (Å²) in [4.78, 5) is 45.5. The van der Waals surface area contributed by atoms with Crippen LogP contribution < -0.4 is 4.74 Å². The summed E-state index contributed by atoms with van der Waals surface area (Å²) in [7, 11) is 0. The van der Waals surface area contributed by atoms with Crippen LogP contribution in [0.2, 0.25) is 0 Å². The molecule has 1 atom stereocenters. The Morgan fingerprint density at radius 1 is 0.429 bits per heavy atom. The summed E-state index contributed by atoms with van der Waals surface area (Å²) in [6.07, 6.45) is 8.40. The molecule has 7 nitrogen and oxygen atoms in total. The highest BCUT2D eigenvalue weighted by Gasteiger charge is 2.22. The molecule has 2 aliphatic heterocycles. The molecule has 7 heteroatoms. The molecule has 5 heterocycles. The van der Waals surface area contributed by atoms with Crippen molar-refractivity contribution in [2.75, 3.05) is 0 Å². The molecule has 0 saturated heterocycles. The van der Waals surface area contributed by atoms with Gasteiger partial charge in [-0.3, -0.25) is 9.59 Å². The van der Waals surface area contributed by atoms with Crippen LogP contribution in [0.5, 0.6) is 5.75 Å². The molecule has 9 aromatic rings. The Hall–Kier alpha value is -8.94. The van der Waals surface area contributed by atoms with Gasteiger partial charge >= 0.3 is 5.97 Å². The number of aromatic nitrogens is 4. The van der Waals surface area contributed by atoms with E-state index < -0.39 is 11.9 Å². The van der Waals surface area contributed by atoms with E-state index in [9.17, 15) is 9.59 Å². The van der Waals surface area contributed by atoms with Gasteiger partial charge in [-0.2, -0.15) is 0 Å². The fraction of sp³-hybridized carbons (Fsp3) is 0.0794. The summed E-state index contributed by atoms with van der Waals surface area (Å²) in [5, 5.41) is 0. The number of carbonyl (C=O) groups excluding carboxylic acids is 2. The van der Waals surface area contributed by atoms with Crippen LogP contribution in [-0.4, -0.2) is 31.7 Å². The Labute approximate surface area is 406 Å². The van der Waals surface area contributed by atoms with Gasteiger partial charge in [-0.25, -0.2) is 9.97 Å². The van der Waals surface area contributed by atoms with E-state index in [1.54, 1.807) is 37.3 Å². The maximum Gasteiger partial charge on any atom is 0.318 e. The number of carbonyl (C=O) groups is 2. The molecule has 0 amide bonds. The predicted octanol–water partition coefficient (Wildman–Crippen LogP) is 15.2. The third kappa shape index (κ3) is 8.50. The molecule has 3 aromatic heterocycles. The van der Waals surface area contributed by atoms with E-state index in [4.69, 9.17) is 14.7 Å². The van der Waals surface area contributed by atoms with E-state index >= 15 is 0 Å². The first-order valence-electron chi connectivity index (χ1n) is 23.5. The number of fused-ring (bicyclic) bond motifs is 8. The summed E-state index contributed by atoms with van der Waals surface area (Å²) < 4.78 is 6.01. The summed E-state index contributed by atoms with van der Waals surface area (Å²) >= 11 is 0. The Bertz CT molecular complexity index is 3690. The lowest BCUT2D eigenvalue weighted by Gasteiger charge is -2.13. The lowest BCUT2D eigenvalue weighted by Crippen LogP contribution is -2.16. The number of rotatable bonds is 9. The normalized spacial score (nSPS) is 12.2. The zero-order valence-electron chi connectivity index (χ0n) is 39.2. The molecular weight excluding hydrogens is 861 g/mol. The van der Waals surface area contributed by atoms with Gasteiger partial charge in [-0.15, -0.1) is 0 Å². The van der Waals surface area contributed by atoms with E-state index in [1.165, 1.54) is 16.7 Å². The van der Waals surface area contributed by atoms with Gasteiger partial charge in [0.15, 0.2) is 5.78 Å². The Kier molecular flexibility index (Phi) is 11.4. The third-order valence-corrected chi connectivity index (χ3v) is 13.2. The quantitative estimate of drug-likeness (QED) is 0.0853. The second kappa shape index (κ2) is 18.3. The number of ketones is 1. The van der Waals surface area contributed by atoms with Gasteiger partial charge in [0.25, 0.3) is 0 Å². The van der Waals surface area contributed by atoms with E-state index in [-0.39, 0.29) is 5.78 Å². The number of benzene rings is 6. The summed E-state index contributed by atoms with van der Waals surface area (Å²) in [5.74, 6) is -0.745. The molecule has 11 rings (SSSR count). The topological polar surface area (TPSA) is 101 Å². The fourth-order valence-electron chi connectivity index (χ4n) is 9.32. The summed E-state index contributed by atoms with van der Waals surface area (Å²) in [5.41, 5.74) is 20.1. The molecule has 0 saturated carbocycles. The predicted molar refractivity (Wildman–Crippen MR) is 285 cm³/mol. The van der Waals surface area contributed by atoms with Gasteiger partial charge in [0.05, 0.1) is 28.7 Å². The maximum absolute atomic E-state index is 13.7. The van der Waals surface area contributed by atoms with E-state index in [0.29, 0.717) is 22.4 Å². The second-order valence-electron chi connectivity index (χ2n) is 18.1. The van der Waals surface area contributed by atoms with E-state index in [1.807, 2.05) is 48.5 Å². The monoisotopic (exact) mass is 908 g/mol. The van der Waals surface area contributed by atoms with Crippen molar-refractivity contribution in [3.05, 3.63) is 232 Å². The number of ether oxygens (including phenoxy) is 1. The number of H-pyrrole nitrogens is 2. The van der Waals surface area contributed by atoms with E-state index in [0.717, 1.165) is 89.4 Å². The minimum atomic E-state index is -0.622. The van der Waals surface area contributed by atoms with Crippen molar-refractivity contribution in [1.82, 2.24) is 19.9 Å². The van der Waals surface area contributed by atoms with Crippen molar-refractivity contribution in [2.24, 2.45) is 0 Å². The van der Waals surface area contributed by atoms with Crippen molar-refractivity contribution in [3.8, 4) is 50.3 Å². The number of aromatic amines is 2. The standard InChI is InChI=1S/C63H48N4O3/c1-38-13-19-42(20-14-38)58-50-29-31-52(64-50)59(43-21-15-39(2)16-22-43)54-33-35-56(66-54)61(57-36-34-55(67-57)60(53-32-30-51(58)65-53)44-23-17-40(3)18-24-44)45-25-27-49(28-26-45)70-63(69)41(4)47-11-8-12-48(37-47)62(68)46-9-6-5-7-10-46/h5-37,41,64,67H,1-4H3/t41-/m0/s1. The Morgan fingerprint density at radius 3 is 1.20 bits per heavy atom. The first kappa shape index (κ1) is 43.6. The lowest BCUT2D eigenvalue weighted by atomic mass is 9.96. The smallest absolute Gasteiger partial charge is 0.318 e. The van der Waals surface area contributed by atoms with Crippen molar-refractivity contribution < 1.29 is 14.3 Å². The molecule has 0 aliphatic carbocycles.